The number of hydrogen-bond acceptors (Lipinski definition) is 3. The molecule has 1 heterocycles. The Bertz CT molecular complexity index is 1160. The fourth-order valence-corrected chi connectivity index (χ4v) is 3.66. The second kappa shape index (κ2) is 6.54. The van der Waals surface area contributed by atoms with Crippen LogP contribution in [0.5, 0.6) is 0 Å². The van der Waals surface area contributed by atoms with Gasteiger partial charge in [-0.1, -0.05) is 23.8 Å². The van der Waals surface area contributed by atoms with Gasteiger partial charge in [-0.05, 0) is 74.1 Å². The Kier molecular flexibility index (Phi) is 4.19. The monoisotopic (exact) mass is 360 g/mol. The number of fused-ring (bicyclic) bond motifs is 2. The van der Waals surface area contributed by atoms with E-state index in [9.17, 15) is 14.7 Å². The van der Waals surface area contributed by atoms with Gasteiger partial charge in [0.2, 0.25) is 0 Å². The SMILES string of the molecule is Cc1ccc(C)c(C=C2CCCc3c2oc2ccc(C(=O)O)cc2c3=O)c1. The molecule has 27 heavy (non-hydrogen) atoms. The molecule has 0 saturated carbocycles. The van der Waals surface area contributed by atoms with E-state index in [1.807, 2.05) is 0 Å². The maximum atomic E-state index is 13.0. The van der Waals surface area contributed by atoms with Crippen LogP contribution in [0.3, 0.4) is 0 Å². The van der Waals surface area contributed by atoms with Gasteiger partial charge in [0.25, 0.3) is 0 Å². The van der Waals surface area contributed by atoms with Crippen molar-refractivity contribution < 1.29 is 14.3 Å². The summed E-state index contributed by atoms with van der Waals surface area (Å²) in [6, 6.07) is 10.8. The lowest BCUT2D eigenvalue weighted by Gasteiger charge is -2.18. The first kappa shape index (κ1) is 17.3. The summed E-state index contributed by atoms with van der Waals surface area (Å²) in [6.45, 7) is 4.13. The van der Waals surface area contributed by atoms with Crippen molar-refractivity contribution in [3.8, 4) is 0 Å². The van der Waals surface area contributed by atoms with Crippen molar-refractivity contribution in [2.45, 2.75) is 33.1 Å². The molecule has 1 aliphatic carbocycles. The second-order valence-electron chi connectivity index (χ2n) is 7.14. The van der Waals surface area contributed by atoms with Crippen molar-refractivity contribution in [1.29, 1.82) is 0 Å². The van der Waals surface area contributed by atoms with Crippen LogP contribution in [0.15, 0.2) is 45.6 Å². The summed E-state index contributed by atoms with van der Waals surface area (Å²) >= 11 is 0. The van der Waals surface area contributed by atoms with Gasteiger partial charge < -0.3 is 9.52 Å². The van der Waals surface area contributed by atoms with E-state index in [0.717, 1.165) is 24.0 Å². The molecule has 0 fully saturated rings. The van der Waals surface area contributed by atoms with Crippen molar-refractivity contribution in [2.75, 3.05) is 0 Å². The molecular formula is C23H20O4. The van der Waals surface area contributed by atoms with Crippen molar-refractivity contribution in [3.63, 3.8) is 0 Å². The lowest BCUT2D eigenvalue weighted by atomic mass is 9.89. The van der Waals surface area contributed by atoms with E-state index in [1.165, 1.54) is 23.3 Å². The van der Waals surface area contributed by atoms with E-state index in [1.54, 1.807) is 6.07 Å². The molecule has 0 aliphatic heterocycles. The lowest BCUT2D eigenvalue weighted by Crippen LogP contribution is -2.16. The van der Waals surface area contributed by atoms with Gasteiger partial charge in [-0.25, -0.2) is 4.79 Å². The van der Waals surface area contributed by atoms with Crippen molar-refractivity contribution in [1.82, 2.24) is 0 Å². The molecule has 1 aromatic heterocycles. The Morgan fingerprint density at radius 1 is 1.11 bits per heavy atom. The van der Waals surface area contributed by atoms with E-state index in [4.69, 9.17) is 4.42 Å². The van der Waals surface area contributed by atoms with Gasteiger partial charge in [-0.15, -0.1) is 0 Å². The highest BCUT2D eigenvalue weighted by Gasteiger charge is 2.22. The number of rotatable bonds is 2. The average molecular weight is 360 g/mol. The molecule has 1 N–H and O–H groups in total. The zero-order valence-corrected chi connectivity index (χ0v) is 15.3. The van der Waals surface area contributed by atoms with E-state index < -0.39 is 5.97 Å². The predicted octanol–water partition coefficient (Wildman–Crippen LogP) is 4.98. The Morgan fingerprint density at radius 3 is 2.70 bits per heavy atom. The summed E-state index contributed by atoms with van der Waals surface area (Å²) in [5.41, 5.74) is 5.55. The Labute approximate surface area is 156 Å². The summed E-state index contributed by atoms with van der Waals surface area (Å²) < 4.78 is 6.09. The van der Waals surface area contributed by atoms with Crippen LogP contribution >= 0.6 is 0 Å². The molecule has 3 aromatic rings. The van der Waals surface area contributed by atoms with E-state index in [-0.39, 0.29) is 11.0 Å². The molecule has 0 bridgehead atoms. The van der Waals surface area contributed by atoms with Gasteiger partial charge in [-0.3, -0.25) is 4.79 Å². The van der Waals surface area contributed by atoms with Crippen LogP contribution in [-0.4, -0.2) is 11.1 Å². The third-order valence-corrected chi connectivity index (χ3v) is 5.16. The van der Waals surface area contributed by atoms with Gasteiger partial charge >= 0.3 is 5.97 Å². The second-order valence-corrected chi connectivity index (χ2v) is 7.14. The normalized spacial score (nSPS) is 15.1. The first-order valence-corrected chi connectivity index (χ1v) is 9.05. The van der Waals surface area contributed by atoms with Crippen LogP contribution in [-0.2, 0) is 6.42 Å². The Balaban J connectivity index is 1.92. The van der Waals surface area contributed by atoms with Crippen molar-refractivity contribution in [2.24, 2.45) is 0 Å². The van der Waals surface area contributed by atoms with Gasteiger partial charge in [0.05, 0.1) is 10.9 Å². The van der Waals surface area contributed by atoms with E-state index >= 15 is 0 Å². The van der Waals surface area contributed by atoms with Crippen LogP contribution in [0, 0.1) is 13.8 Å². The Hall–Kier alpha value is -3.14. The highest BCUT2D eigenvalue weighted by Crippen LogP contribution is 2.33. The molecule has 1 aliphatic rings. The van der Waals surface area contributed by atoms with Crippen molar-refractivity contribution >= 4 is 28.6 Å². The summed E-state index contributed by atoms with van der Waals surface area (Å²) in [5, 5.41) is 9.52. The quantitative estimate of drug-likeness (QED) is 0.699. The molecule has 0 radical (unpaired) electrons. The average Bonchev–Trinajstić information content (AvgIpc) is 2.65. The highest BCUT2D eigenvalue weighted by molar-refractivity contribution is 5.93. The molecule has 2 aromatic carbocycles. The van der Waals surface area contributed by atoms with Gasteiger partial charge in [0, 0.05) is 5.56 Å². The van der Waals surface area contributed by atoms with Crippen LogP contribution in [0.1, 0.15) is 51.2 Å². The largest absolute Gasteiger partial charge is 0.478 e. The van der Waals surface area contributed by atoms with Crippen LogP contribution in [0.2, 0.25) is 0 Å². The molecule has 4 heteroatoms. The summed E-state index contributed by atoms with van der Waals surface area (Å²) in [4.78, 5) is 24.2. The number of aromatic carboxylic acids is 1. The fourth-order valence-electron chi connectivity index (χ4n) is 3.66. The molecule has 0 unspecified atom stereocenters. The van der Waals surface area contributed by atoms with E-state index in [2.05, 4.69) is 38.1 Å². The minimum Gasteiger partial charge on any atom is -0.478 e. The zero-order chi connectivity index (χ0) is 19.1. The maximum Gasteiger partial charge on any atom is 0.335 e. The van der Waals surface area contributed by atoms with Gasteiger partial charge in [0.15, 0.2) is 5.43 Å². The number of carboxylic acids is 1. The fraction of sp³-hybridized carbons (Fsp3) is 0.217. The number of aryl methyl sites for hydroxylation is 2. The minimum absolute atomic E-state index is 0.0942. The minimum atomic E-state index is -1.05. The number of carboxylic acid groups (broad SMARTS) is 1. The first-order chi connectivity index (χ1) is 12.9. The van der Waals surface area contributed by atoms with Crippen LogP contribution in [0.25, 0.3) is 22.6 Å². The summed E-state index contributed by atoms with van der Waals surface area (Å²) in [6.07, 6.45) is 4.48. The smallest absolute Gasteiger partial charge is 0.335 e. The van der Waals surface area contributed by atoms with E-state index in [0.29, 0.717) is 28.7 Å². The molecule has 0 atom stereocenters. The first-order valence-electron chi connectivity index (χ1n) is 9.05. The Morgan fingerprint density at radius 2 is 1.93 bits per heavy atom. The predicted molar refractivity (Wildman–Crippen MR) is 106 cm³/mol. The lowest BCUT2D eigenvalue weighted by molar-refractivity contribution is 0.0697. The number of allylic oxidation sites excluding steroid dienone is 1. The molecule has 0 spiro atoms. The number of benzene rings is 2. The molecule has 4 nitrogen and oxygen atoms in total. The number of carbonyl (C=O) groups is 1. The molecule has 0 saturated heterocycles. The van der Waals surface area contributed by atoms with Crippen molar-refractivity contribution in [3.05, 3.63) is 80.2 Å². The van der Waals surface area contributed by atoms with Gasteiger partial charge in [0.1, 0.15) is 11.3 Å². The molecular weight excluding hydrogens is 340 g/mol. The third kappa shape index (κ3) is 3.08. The topological polar surface area (TPSA) is 67.5 Å². The maximum absolute atomic E-state index is 13.0. The zero-order valence-electron chi connectivity index (χ0n) is 15.3. The summed E-state index contributed by atoms with van der Waals surface area (Å²) in [7, 11) is 0. The summed E-state index contributed by atoms with van der Waals surface area (Å²) in [5.74, 6) is -0.410. The van der Waals surface area contributed by atoms with Gasteiger partial charge in [-0.2, -0.15) is 0 Å². The molecule has 0 amide bonds. The highest BCUT2D eigenvalue weighted by atomic mass is 16.4. The molecule has 136 valence electrons. The number of hydrogen-bond donors (Lipinski definition) is 1. The standard InChI is InChI=1S/C23H20O4/c1-13-6-7-14(2)17(10-13)11-15-4-3-5-18-21(24)19-12-16(23(25)26)8-9-20(19)27-22(15)18/h6-12H,3-5H2,1-2H3,(H,25,26). The van der Waals surface area contributed by atoms with Crippen LogP contribution < -0.4 is 5.43 Å². The third-order valence-electron chi connectivity index (χ3n) is 5.16. The van der Waals surface area contributed by atoms with Crippen LogP contribution in [0.4, 0.5) is 0 Å². The molecule has 4 rings (SSSR count).